The van der Waals surface area contributed by atoms with Crippen LogP contribution in [0.15, 0.2) is 18.2 Å². The van der Waals surface area contributed by atoms with Crippen molar-refractivity contribution in [2.24, 2.45) is 11.7 Å². The zero-order valence-corrected chi connectivity index (χ0v) is 17.5. The van der Waals surface area contributed by atoms with Crippen molar-refractivity contribution in [3.63, 3.8) is 0 Å². The SMILES string of the molecule is Cc1ccc(C(=O)NC(=S)Nc2sc3c(c2C(N)=O)CCC(C)C3)cc1[N+](=O)[O-]. The summed E-state index contributed by atoms with van der Waals surface area (Å²) < 4.78 is 0. The molecular weight excluding hydrogens is 412 g/mol. The van der Waals surface area contributed by atoms with Crippen molar-refractivity contribution in [3.05, 3.63) is 55.4 Å². The molecule has 8 nitrogen and oxygen atoms in total. The normalized spacial score (nSPS) is 15.3. The molecule has 0 saturated carbocycles. The minimum atomic E-state index is -0.582. The molecule has 1 aromatic heterocycles. The molecule has 3 rings (SSSR count). The van der Waals surface area contributed by atoms with Gasteiger partial charge in [0.1, 0.15) is 5.00 Å². The van der Waals surface area contributed by atoms with E-state index in [1.165, 1.54) is 29.5 Å². The molecule has 0 spiro atoms. The third kappa shape index (κ3) is 4.43. The number of benzene rings is 1. The Labute approximate surface area is 176 Å². The number of nitro benzene ring substituents is 1. The Morgan fingerprint density at radius 3 is 2.76 bits per heavy atom. The molecule has 2 amide bonds. The molecule has 1 unspecified atom stereocenters. The van der Waals surface area contributed by atoms with E-state index >= 15 is 0 Å². The first kappa shape index (κ1) is 20.9. The average molecular weight is 433 g/mol. The third-order valence-corrected chi connectivity index (χ3v) is 6.25. The fraction of sp³-hybridized carbons (Fsp3) is 0.316. The van der Waals surface area contributed by atoms with Crippen molar-refractivity contribution in [2.75, 3.05) is 5.32 Å². The van der Waals surface area contributed by atoms with Crippen molar-refractivity contribution >= 4 is 51.2 Å². The van der Waals surface area contributed by atoms with E-state index in [-0.39, 0.29) is 16.4 Å². The Hall–Kier alpha value is -2.85. The fourth-order valence-electron chi connectivity index (χ4n) is 3.36. The molecule has 29 heavy (non-hydrogen) atoms. The molecule has 1 aliphatic carbocycles. The van der Waals surface area contributed by atoms with E-state index in [0.29, 0.717) is 22.0 Å². The van der Waals surface area contributed by atoms with Crippen LogP contribution in [0.3, 0.4) is 0 Å². The number of rotatable bonds is 4. The lowest BCUT2D eigenvalue weighted by molar-refractivity contribution is -0.385. The summed E-state index contributed by atoms with van der Waals surface area (Å²) in [5.74, 6) is -0.595. The summed E-state index contributed by atoms with van der Waals surface area (Å²) in [6.45, 7) is 3.75. The van der Waals surface area contributed by atoms with E-state index < -0.39 is 16.7 Å². The second-order valence-corrected chi connectivity index (χ2v) is 8.60. The zero-order valence-electron chi connectivity index (χ0n) is 15.9. The van der Waals surface area contributed by atoms with Gasteiger partial charge in [-0.15, -0.1) is 11.3 Å². The number of thiocarbonyl (C=S) groups is 1. The van der Waals surface area contributed by atoms with Gasteiger partial charge in [-0.2, -0.15) is 0 Å². The number of thiophene rings is 1. The van der Waals surface area contributed by atoms with Gasteiger partial charge in [0, 0.05) is 22.1 Å². The monoisotopic (exact) mass is 432 g/mol. The van der Waals surface area contributed by atoms with Gasteiger partial charge in [0.15, 0.2) is 5.11 Å². The summed E-state index contributed by atoms with van der Waals surface area (Å²) in [4.78, 5) is 36.1. The molecule has 152 valence electrons. The molecule has 0 fully saturated rings. The molecule has 1 heterocycles. The summed E-state index contributed by atoms with van der Waals surface area (Å²) in [5.41, 5.74) is 7.37. The van der Waals surface area contributed by atoms with Gasteiger partial charge < -0.3 is 11.1 Å². The summed E-state index contributed by atoms with van der Waals surface area (Å²) in [6.07, 6.45) is 2.63. The highest BCUT2D eigenvalue weighted by Crippen LogP contribution is 2.39. The minimum Gasteiger partial charge on any atom is -0.365 e. The van der Waals surface area contributed by atoms with E-state index in [4.69, 9.17) is 18.0 Å². The van der Waals surface area contributed by atoms with Crippen LogP contribution < -0.4 is 16.4 Å². The average Bonchev–Trinajstić information content (AvgIpc) is 2.98. The van der Waals surface area contributed by atoms with Crippen LogP contribution in [-0.4, -0.2) is 21.9 Å². The van der Waals surface area contributed by atoms with Crippen molar-refractivity contribution in [2.45, 2.75) is 33.1 Å². The van der Waals surface area contributed by atoms with E-state index in [1.54, 1.807) is 6.92 Å². The Bertz CT molecular complexity index is 1030. The largest absolute Gasteiger partial charge is 0.365 e. The maximum absolute atomic E-state index is 12.4. The zero-order chi connectivity index (χ0) is 21.3. The lowest BCUT2D eigenvalue weighted by atomic mass is 9.88. The second kappa shape index (κ2) is 8.26. The number of carbonyl (C=O) groups excluding carboxylic acids is 2. The van der Waals surface area contributed by atoms with E-state index in [2.05, 4.69) is 17.6 Å². The predicted molar refractivity (Wildman–Crippen MR) is 116 cm³/mol. The van der Waals surface area contributed by atoms with Crippen LogP contribution in [-0.2, 0) is 12.8 Å². The molecule has 1 aromatic carbocycles. The van der Waals surface area contributed by atoms with Crippen LogP contribution in [0.5, 0.6) is 0 Å². The number of hydrogen-bond donors (Lipinski definition) is 3. The molecule has 4 N–H and O–H groups in total. The van der Waals surface area contributed by atoms with Crippen LogP contribution in [0.2, 0.25) is 0 Å². The van der Waals surface area contributed by atoms with Crippen molar-refractivity contribution in [1.82, 2.24) is 5.32 Å². The van der Waals surface area contributed by atoms with Gasteiger partial charge in [0.25, 0.3) is 17.5 Å². The van der Waals surface area contributed by atoms with Crippen LogP contribution in [0, 0.1) is 23.0 Å². The van der Waals surface area contributed by atoms with Gasteiger partial charge in [-0.05, 0) is 56.0 Å². The molecule has 1 atom stereocenters. The van der Waals surface area contributed by atoms with Crippen LogP contribution in [0.25, 0.3) is 0 Å². The lowest BCUT2D eigenvalue weighted by Crippen LogP contribution is -2.34. The molecule has 2 aromatic rings. The Kier molecular flexibility index (Phi) is 5.94. The predicted octanol–water partition coefficient (Wildman–Crippen LogP) is 3.32. The lowest BCUT2D eigenvalue weighted by Gasteiger charge is -2.18. The Morgan fingerprint density at radius 1 is 1.38 bits per heavy atom. The van der Waals surface area contributed by atoms with Gasteiger partial charge in [-0.3, -0.25) is 25.0 Å². The second-order valence-electron chi connectivity index (χ2n) is 7.09. The highest BCUT2D eigenvalue weighted by molar-refractivity contribution is 7.80. The first-order chi connectivity index (χ1) is 13.7. The number of primary amides is 1. The maximum atomic E-state index is 12.4. The quantitative estimate of drug-likeness (QED) is 0.386. The molecule has 0 aliphatic heterocycles. The third-order valence-electron chi connectivity index (χ3n) is 4.88. The number of hydrogen-bond acceptors (Lipinski definition) is 6. The highest BCUT2D eigenvalue weighted by atomic mass is 32.1. The van der Waals surface area contributed by atoms with Crippen LogP contribution >= 0.6 is 23.6 Å². The summed E-state index contributed by atoms with van der Waals surface area (Å²) >= 11 is 6.62. The molecule has 0 saturated heterocycles. The van der Waals surface area contributed by atoms with E-state index in [0.717, 1.165) is 29.7 Å². The highest BCUT2D eigenvalue weighted by Gasteiger charge is 2.27. The molecule has 0 bridgehead atoms. The number of aryl methyl sites for hydroxylation is 1. The Balaban J connectivity index is 1.78. The molecule has 10 heteroatoms. The smallest absolute Gasteiger partial charge is 0.273 e. The van der Waals surface area contributed by atoms with Crippen LogP contribution in [0.1, 0.15) is 50.1 Å². The summed E-state index contributed by atoms with van der Waals surface area (Å²) in [7, 11) is 0. The number of anilines is 1. The van der Waals surface area contributed by atoms with E-state index in [9.17, 15) is 19.7 Å². The first-order valence-electron chi connectivity index (χ1n) is 8.99. The maximum Gasteiger partial charge on any atom is 0.273 e. The number of carbonyl (C=O) groups is 2. The van der Waals surface area contributed by atoms with Crippen LogP contribution in [0.4, 0.5) is 10.7 Å². The topological polar surface area (TPSA) is 127 Å². The summed E-state index contributed by atoms with van der Waals surface area (Å²) in [6, 6.07) is 4.19. The minimum absolute atomic E-state index is 0.00706. The molecular formula is C19H20N4O4S2. The number of fused-ring (bicyclic) bond motifs is 1. The van der Waals surface area contributed by atoms with Crippen molar-refractivity contribution in [1.29, 1.82) is 0 Å². The summed E-state index contributed by atoms with van der Waals surface area (Å²) in [5, 5.41) is 17.0. The van der Waals surface area contributed by atoms with Gasteiger partial charge >= 0.3 is 0 Å². The number of amides is 2. The van der Waals surface area contributed by atoms with Crippen molar-refractivity contribution < 1.29 is 14.5 Å². The number of nitro groups is 1. The standard InChI is InChI=1S/C19H20N4O4S2/c1-9-3-6-12-14(7-9)29-18(15(12)16(20)24)22-19(28)21-17(25)11-5-4-10(2)13(8-11)23(26)27/h4-5,8-9H,3,6-7H2,1-2H3,(H2,20,24)(H2,21,22,25,28). The van der Waals surface area contributed by atoms with Gasteiger partial charge in [-0.1, -0.05) is 13.0 Å². The van der Waals surface area contributed by atoms with Gasteiger partial charge in [0.05, 0.1) is 10.5 Å². The Morgan fingerprint density at radius 2 is 2.10 bits per heavy atom. The first-order valence-corrected chi connectivity index (χ1v) is 10.2. The van der Waals surface area contributed by atoms with Crippen molar-refractivity contribution in [3.8, 4) is 0 Å². The van der Waals surface area contributed by atoms with Gasteiger partial charge in [-0.25, -0.2) is 0 Å². The van der Waals surface area contributed by atoms with Gasteiger partial charge in [0.2, 0.25) is 0 Å². The molecule has 1 aliphatic rings. The molecule has 0 radical (unpaired) electrons. The number of nitrogens with one attached hydrogen (secondary N) is 2. The van der Waals surface area contributed by atoms with E-state index in [1.807, 2.05) is 0 Å². The fourth-order valence-corrected chi connectivity index (χ4v) is 5.04. The number of nitrogens with zero attached hydrogens (tertiary/aromatic N) is 1. The number of nitrogens with two attached hydrogens (primary N) is 1.